The van der Waals surface area contributed by atoms with Crippen LogP contribution in [0, 0.1) is 4.77 Å². The molecule has 0 spiro atoms. The van der Waals surface area contributed by atoms with E-state index in [9.17, 15) is 9.59 Å². The third-order valence-corrected chi connectivity index (χ3v) is 3.86. The summed E-state index contributed by atoms with van der Waals surface area (Å²) in [5, 5.41) is 0.317. The number of hydrogen-bond acceptors (Lipinski definition) is 6. The Bertz CT molecular complexity index is 966. The van der Waals surface area contributed by atoms with E-state index >= 15 is 0 Å². The quantitative estimate of drug-likeness (QED) is 0.429. The van der Waals surface area contributed by atoms with E-state index in [0.29, 0.717) is 22.1 Å². The number of aromatic nitrogens is 2. The van der Waals surface area contributed by atoms with Crippen molar-refractivity contribution in [1.29, 1.82) is 0 Å². The van der Waals surface area contributed by atoms with Crippen molar-refractivity contribution in [1.82, 2.24) is 9.97 Å². The summed E-state index contributed by atoms with van der Waals surface area (Å²) < 4.78 is 15.9. The Balaban J connectivity index is 2.63. The molecule has 2 rings (SSSR count). The molecule has 0 aliphatic carbocycles. The fourth-order valence-electron chi connectivity index (χ4n) is 2.31. The third kappa shape index (κ3) is 5.21. The molecule has 0 aliphatic rings. The maximum Gasteiger partial charge on any atom is 0.339 e. The second-order valence-electron chi connectivity index (χ2n) is 5.75. The van der Waals surface area contributed by atoms with Gasteiger partial charge in [-0.1, -0.05) is 11.6 Å². The molecule has 2 N–H and O–H groups in total. The number of methoxy groups -OCH3 is 2. The molecular weight excluding hydrogens is 392 g/mol. The van der Waals surface area contributed by atoms with Gasteiger partial charge in [0.2, 0.25) is 0 Å². The van der Waals surface area contributed by atoms with Gasteiger partial charge in [0, 0.05) is 6.07 Å². The number of carbonyl (C=O) groups excluding carboxylic acids is 1. The molecule has 7 nitrogen and oxygen atoms in total. The van der Waals surface area contributed by atoms with Gasteiger partial charge in [0.1, 0.15) is 0 Å². The lowest BCUT2D eigenvalue weighted by Gasteiger charge is -2.16. The molecule has 0 saturated carbocycles. The molecule has 2 aromatic rings. The van der Waals surface area contributed by atoms with Crippen molar-refractivity contribution in [3.63, 3.8) is 0 Å². The van der Waals surface area contributed by atoms with E-state index in [1.165, 1.54) is 26.4 Å². The van der Waals surface area contributed by atoms with Gasteiger partial charge < -0.3 is 19.2 Å². The van der Waals surface area contributed by atoms with Crippen LogP contribution in [-0.4, -0.2) is 36.3 Å². The van der Waals surface area contributed by atoms with Crippen LogP contribution in [0.1, 0.15) is 25.1 Å². The van der Waals surface area contributed by atoms with E-state index in [1.54, 1.807) is 12.1 Å². The standard InChI is InChI=1S/C18H19ClN2O5S/c1-9(2)26-16-12(19)6-10(7-14(16)24-3)5-11(17(23)25-4)13-8-15(22)21-18(27)20-13/h5-9H,1-4H3,(H2,20,21,22,27)/b11-5-. The van der Waals surface area contributed by atoms with Crippen LogP contribution < -0.4 is 15.0 Å². The lowest BCUT2D eigenvalue weighted by molar-refractivity contribution is -0.133. The molecule has 1 aromatic carbocycles. The van der Waals surface area contributed by atoms with Crippen LogP contribution in [0.15, 0.2) is 23.0 Å². The fraction of sp³-hybridized carbons (Fsp3) is 0.278. The van der Waals surface area contributed by atoms with Crippen molar-refractivity contribution in [2.75, 3.05) is 14.2 Å². The maximum atomic E-state index is 12.2. The Morgan fingerprint density at radius 3 is 2.48 bits per heavy atom. The number of halogens is 1. The summed E-state index contributed by atoms with van der Waals surface area (Å²) in [4.78, 5) is 29.1. The molecule has 0 atom stereocenters. The number of carbonyl (C=O) groups is 1. The maximum absolute atomic E-state index is 12.2. The van der Waals surface area contributed by atoms with Gasteiger partial charge in [-0.05, 0) is 49.8 Å². The molecule has 0 fully saturated rings. The highest BCUT2D eigenvalue weighted by atomic mass is 35.5. The van der Waals surface area contributed by atoms with Crippen LogP contribution >= 0.6 is 23.8 Å². The third-order valence-electron chi connectivity index (χ3n) is 3.37. The molecule has 9 heteroatoms. The summed E-state index contributed by atoms with van der Waals surface area (Å²) in [5.74, 6) is 0.163. The summed E-state index contributed by atoms with van der Waals surface area (Å²) >= 11 is 11.3. The fourth-order valence-corrected chi connectivity index (χ4v) is 2.78. The predicted octanol–water partition coefficient (Wildman–Crippen LogP) is 3.60. The first kappa shape index (κ1) is 20.7. The number of ether oxygens (including phenoxy) is 3. The van der Waals surface area contributed by atoms with Gasteiger partial charge in [-0.25, -0.2) is 4.79 Å². The zero-order valence-electron chi connectivity index (χ0n) is 15.2. The molecule has 0 unspecified atom stereocenters. The van der Waals surface area contributed by atoms with Crippen LogP contribution in [0.5, 0.6) is 11.5 Å². The van der Waals surface area contributed by atoms with Crippen LogP contribution in [0.4, 0.5) is 0 Å². The number of rotatable bonds is 6. The first-order chi connectivity index (χ1) is 12.7. The number of nitrogens with one attached hydrogen (secondary N) is 2. The molecular formula is C18H19ClN2O5S. The topological polar surface area (TPSA) is 93.4 Å². The lowest BCUT2D eigenvalue weighted by Crippen LogP contribution is -2.12. The zero-order valence-corrected chi connectivity index (χ0v) is 16.8. The first-order valence-electron chi connectivity index (χ1n) is 7.93. The smallest absolute Gasteiger partial charge is 0.339 e. The highest BCUT2D eigenvalue weighted by Crippen LogP contribution is 2.38. The molecule has 1 heterocycles. The molecule has 0 saturated heterocycles. The number of H-pyrrole nitrogens is 2. The Morgan fingerprint density at radius 1 is 1.22 bits per heavy atom. The molecule has 1 aromatic heterocycles. The van der Waals surface area contributed by atoms with Crippen molar-refractivity contribution in [3.8, 4) is 11.5 Å². The van der Waals surface area contributed by atoms with E-state index in [0.717, 1.165) is 0 Å². The van der Waals surface area contributed by atoms with Gasteiger partial charge >= 0.3 is 5.97 Å². The summed E-state index contributed by atoms with van der Waals surface area (Å²) in [5.41, 5.74) is 0.423. The van der Waals surface area contributed by atoms with Gasteiger partial charge in [0.05, 0.1) is 36.6 Å². The van der Waals surface area contributed by atoms with Crippen LogP contribution in [0.3, 0.4) is 0 Å². The number of hydrogen-bond donors (Lipinski definition) is 2. The minimum atomic E-state index is -0.649. The average molecular weight is 411 g/mol. The van der Waals surface area contributed by atoms with Gasteiger partial charge in [-0.15, -0.1) is 0 Å². The Kier molecular flexibility index (Phi) is 6.81. The van der Waals surface area contributed by atoms with Crippen molar-refractivity contribution >= 4 is 41.4 Å². The van der Waals surface area contributed by atoms with Crippen molar-refractivity contribution in [2.45, 2.75) is 20.0 Å². The Labute approximate surface area is 165 Å². The van der Waals surface area contributed by atoms with Crippen LogP contribution in [0.2, 0.25) is 5.02 Å². The summed E-state index contributed by atoms with van der Waals surface area (Å²) in [7, 11) is 2.73. The van der Waals surface area contributed by atoms with Crippen LogP contribution in [0.25, 0.3) is 11.6 Å². The first-order valence-corrected chi connectivity index (χ1v) is 8.72. The average Bonchev–Trinajstić information content (AvgIpc) is 2.59. The van der Waals surface area contributed by atoms with Crippen molar-refractivity contribution < 1.29 is 19.0 Å². The van der Waals surface area contributed by atoms with Gasteiger partial charge in [0.25, 0.3) is 5.56 Å². The molecule has 0 aliphatic heterocycles. The molecule has 0 radical (unpaired) electrons. The largest absolute Gasteiger partial charge is 0.493 e. The number of esters is 1. The number of benzene rings is 1. The van der Waals surface area contributed by atoms with E-state index in [4.69, 9.17) is 38.0 Å². The highest BCUT2D eigenvalue weighted by Gasteiger charge is 2.17. The summed E-state index contributed by atoms with van der Waals surface area (Å²) in [6, 6.07) is 4.49. The Morgan fingerprint density at radius 2 is 1.93 bits per heavy atom. The van der Waals surface area contributed by atoms with Gasteiger partial charge in [-0.2, -0.15) is 0 Å². The normalized spacial score (nSPS) is 11.4. The highest BCUT2D eigenvalue weighted by molar-refractivity contribution is 7.71. The molecule has 144 valence electrons. The summed E-state index contributed by atoms with van der Waals surface area (Å²) in [6.45, 7) is 3.74. The van der Waals surface area contributed by atoms with Gasteiger partial charge in [0.15, 0.2) is 16.3 Å². The van der Waals surface area contributed by atoms with Crippen LogP contribution in [-0.2, 0) is 9.53 Å². The minimum Gasteiger partial charge on any atom is -0.493 e. The predicted molar refractivity (Wildman–Crippen MR) is 106 cm³/mol. The lowest BCUT2D eigenvalue weighted by atomic mass is 10.1. The second kappa shape index (κ2) is 8.88. The molecule has 0 bridgehead atoms. The van der Waals surface area contributed by atoms with E-state index in [1.807, 2.05) is 13.8 Å². The minimum absolute atomic E-state index is 0.0867. The van der Waals surface area contributed by atoms with E-state index < -0.39 is 11.5 Å². The second-order valence-corrected chi connectivity index (χ2v) is 6.57. The zero-order chi connectivity index (χ0) is 20.1. The summed E-state index contributed by atoms with van der Waals surface area (Å²) in [6.07, 6.45) is 1.42. The monoisotopic (exact) mass is 410 g/mol. The van der Waals surface area contributed by atoms with Gasteiger partial charge in [-0.3, -0.25) is 9.78 Å². The Hall–Kier alpha value is -2.58. The van der Waals surface area contributed by atoms with Crippen molar-refractivity contribution in [2.24, 2.45) is 0 Å². The number of aromatic amines is 2. The molecule has 27 heavy (non-hydrogen) atoms. The van der Waals surface area contributed by atoms with Crippen molar-refractivity contribution in [3.05, 3.63) is 49.6 Å². The molecule has 0 amide bonds. The van der Waals surface area contributed by atoms with E-state index in [-0.39, 0.29) is 22.1 Å². The van der Waals surface area contributed by atoms with E-state index in [2.05, 4.69) is 9.97 Å². The SMILES string of the molecule is COC(=O)/C(=C\c1cc(Cl)c(OC(C)C)c(OC)c1)c1cc(=O)[nH]c(=S)[nH]1.